The van der Waals surface area contributed by atoms with Gasteiger partial charge in [0.25, 0.3) is 5.91 Å². The van der Waals surface area contributed by atoms with Crippen molar-refractivity contribution in [1.29, 1.82) is 0 Å². The molecule has 0 bridgehead atoms. The average Bonchev–Trinajstić information content (AvgIpc) is 2.76. The van der Waals surface area contributed by atoms with E-state index in [4.69, 9.17) is 14.2 Å². The van der Waals surface area contributed by atoms with Gasteiger partial charge in [0, 0.05) is 17.8 Å². The lowest BCUT2D eigenvalue weighted by molar-refractivity contribution is 0.0599. The molecule has 0 spiro atoms. The van der Waals surface area contributed by atoms with Gasteiger partial charge < -0.3 is 29.0 Å². The van der Waals surface area contributed by atoms with E-state index >= 15 is 0 Å². The van der Waals surface area contributed by atoms with E-state index in [9.17, 15) is 14.4 Å². The Morgan fingerprint density at radius 2 is 1.14 bits per heavy atom. The van der Waals surface area contributed by atoms with Gasteiger partial charge in [-0.1, -0.05) is 0 Å². The zero-order valence-electron chi connectivity index (χ0n) is 16.7. The molecule has 2 rings (SSSR count). The van der Waals surface area contributed by atoms with E-state index in [0.29, 0.717) is 11.5 Å². The lowest BCUT2D eigenvalue weighted by atomic mass is 10.1. The zero-order chi connectivity index (χ0) is 21.6. The van der Waals surface area contributed by atoms with Gasteiger partial charge in [-0.15, -0.1) is 0 Å². The number of nitrogens with one attached hydrogen (secondary N) is 1. The van der Waals surface area contributed by atoms with Crippen molar-refractivity contribution in [3.8, 4) is 17.2 Å². The molecule has 0 saturated carbocycles. The molecule has 2 aromatic rings. The Hall–Kier alpha value is -3.75. The summed E-state index contributed by atoms with van der Waals surface area (Å²) in [5, 5.41) is 2.63. The average molecular weight is 403 g/mol. The predicted octanol–water partition coefficient (Wildman–Crippen LogP) is 2.54. The second-order valence-corrected chi connectivity index (χ2v) is 5.64. The van der Waals surface area contributed by atoms with Crippen molar-refractivity contribution in [2.45, 2.75) is 0 Å². The molecule has 2 aromatic carbocycles. The summed E-state index contributed by atoms with van der Waals surface area (Å²) in [6, 6.07) is 7.04. The van der Waals surface area contributed by atoms with Crippen LogP contribution in [0.3, 0.4) is 0 Å². The number of anilines is 1. The molecule has 0 unspecified atom stereocenters. The molecular weight excluding hydrogens is 382 g/mol. The minimum absolute atomic E-state index is 0.0741. The number of amides is 1. The first-order chi connectivity index (χ1) is 13.9. The maximum atomic E-state index is 12.8. The van der Waals surface area contributed by atoms with Gasteiger partial charge in [0.2, 0.25) is 0 Å². The number of benzene rings is 2. The molecular formula is C20H21NO8. The molecule has 1 N–H and O–H groups in total. The molecule has 0 aromatic heterocycles. The molecule has 0 aliphatic carbocycles. The molecule has 0 aliphatic rings. The Morgan fingerprint density at radius 1 is 0.655 bits per heavy atom. The van der Waals surface area contributed by atoms with Crippen molar-refractivity contribution in [2.75, 3.05) is 40.9 Å². The third kappa shape index (κ3) is 4.75. The van der Waals surface area contributed by atoms with Crippen LogP contribution in [0.15, 0.2) is 30.3 Å². The maximum absolute atomic E-state index is 12.8. The Labute approximate surface area is 167 Å². The van der Waals surface area contributed by atoms with Gasteiger partial charge in [0.1, 0.15) is 5.75 Å². The molecule has 1 amide bonds. The number of rotatable bonds is 7. The van der Waals surface area contributed by atoms with Crippen molar-refractivity contribution in [1.82, 2.24) is 0 Å². The predicted molar refractivity (Wildman–Crippen MR) is 103 cm³/mol. The van der Waals surface area contributed by atoms with E-state index in [1.165, 1.54) is 65.9 Å². The molecule has 0 radical (unpaired) electrons. The second kappa shape index (κ2) is 9.45. The van der Waals surface area contributed by atoms with E-state index in [-0.39, 0.29) is 28.1 Å². The summed E-state index contributed by atoms with van der Waals surface area (Å²) in [7, 11) is 6.73. The molecule has 0 aliphatic heterocycles. The highest BCUT2D eigenvalue weighted by Crippen LogP contribution is 2.35. The quantitative estimate of drug-likeness (QED) is 0.703. The minimum Gasteiger partial charge on any atom is -0.496 e. The highest BCUT2D eigenvalue weighted by molar-refractivity contribution is 6.08. The summed E-state index contributed by atoms with van der Waals surface area (Å²) < 4.78 is 25.1. The molecule has 9 nitrogen and oxygen atoms in total. The van der Waals surface area contributed by atoms with Gasteiger partial charge in [-0.2, -0.15) is 0 Å². The number of hydrogen-bond acceptors (Lipinski definition) is 8. The van der Waals surface area contributed by atoms with Crippen molar-refractivity contribution < 1.29 is 38.1 Å². The number of methoxy groups -OCH3 is 5. The fourth-order valence-corrected chi connectivity index (χ4v) is 2.58. The number of ether oxygens (including phenoxy) is 5. The lowest BCUT2D eigenvalue weighted by Crippen LogP contribution is -2.15. The van der Waals surface area contributed by atoms with Gasteiger partial charge in [-0.25, -0.2) is 9.59 Å². The summed E-state index contributed by atoms with van der Waals surface area (Å²) >= 11 is 0. The van der Waals surface area contributed by atoms with E-state index in [2.05, 4.69) is 14.8 Å². The van der Waals surface area contributed by atoms with Crippen molar-refractivity contribution >= 4 is 23.5 Å². The van der Waals surface area contributed by atoms with Crippen LogP contribution in [0, 0.1) is 0 Å². The van der Waals surface area contributed by atoms with E-state index in [0.717, 1.165) is 0 Å². The minimum atomic E-state index is -0.671. The summed E-state index contributed by atoms with van der Waals surface area (Å²) in [6.45, 7) is 0. The Balaban J connectivity index is 2.46. The normalized spacial score (nSPS) is 9.97. The molecule has 0 saturated heterocycles. The van der Waals surface area contributed by atoms with Crippen LogP contribution in [0.1, 0.15) is 31.1 Å². The van der Waals surface area contributed by atoms with Gasteiger partial charge >= 0.3 is 11.9 Å². The van der Waals surface area contributed by atoms with Crippen molar-refractivity contribution in [2.24, 2.45) is 0 Å². The molecule has 9 heteroatoms. The SMILES string of the molecule is COC(=O)c1cc(NC(=O)c2cc(OC)c(OC)cc2OC)cc(C(=O)OC)c1. The highest BCUT2D eigenvalue weighted by atomic mass is 16.5. The third-order valence-corrected chi connectivity index (χ3v) is 3.98. The standard InChI is InChI=1S/C20H21NO8/c1-25-15-10-17(27-3)16(26-2)9-14(15)18(22)21-13-7-11(19(23)28-4)6-12(8-13)20(24)29-5/h6-10H,1-5H3,(H,21,22). The smallest absolute Gasteiger partial charge is 0.337 e. The van der Waals surface area contributed by atoms with Crippen molar-refractivity contribution in [3.05, 3.63) is 47.0 Å². The number of carbonyl (C=O) groups excluding carboxylic acids is 3. The number of carbonyl (C=O) groups is 3. The first-order valence-corrected chi connectivity index (χ1v) is 8.31. The fourth-order valence-electron chi connectivity index (χ4n) is 2.58. The molecule has 0 heterocycles. The highest BCUT2D eigenvalue weighted by Gasteiger charge is 2.20. The molecule has 154 valence electrons. The van der Waals surface area contributed by atoms with E-state index in [1.807, 2.05) is 0 Å². The van der Waals surface area contributed by atoms with Crippen LogP contribution >= 0.6 is 0 Å². The summed E-state index contributed by atoms with van der Waals surface area (Å²) in [5.41, 5.74) is 0.498. The van der Waals surface area contributed by atoms with Gasteiger partial charge in [0.05, 0.1) is 52.2 Å². The summed E-state index contributed by atoms with van der Waals surface area (Å²) in [5.74, 6) is -0.929. The third-order valence-electron chi connectivity index (χ3n) is 3.98. The second-order valence-electron chi connectivity index (χ2n) is 5.64. The topological polar surface area (TPSA) is 109 Å². The zero-order valence-corrected chi connectivity index (χ0v) is 16.7. The maximum Gasteiger partial charge on any atom is 0.337 e. The summed E-state index contributed by atoms with van der Waals surface area (Å²) in [4.78, 5) is 36.6. The van der Waals surface area contributed by atoms with Crippen LogP contribution in [0.5, 0.6) is 17.2 Å². The van der Waals surface area contributed by atoms with E-state index < -0.39 is 17.8 Å². The lowest BCUT2D eigenvalue weighted by Gasteiger charge is -2.14. The van der Waals surface area contributed by atoms with Crippen molar-refractivity contribution in [3.63, 3.8) is 0 Å². The van der Waals surface area contributed by atoms with E-state index in [1.54, 1.807) is 0 Å². The first-order valence-electron chi connectivity index (χ1n) is 8.31. The largest absolute Gasteiger partial charge is 0.496 e. The number of esters is 2. The Morgan fingerprint density at radius 3 is 1.59 bits per heavy atom. The van der Waals surface area contributed by atoms with Crippen LogP contribution in [0.25, 0.3) is 0 Å². The Kier molecular flexibility index (Phi) is 7.02. The summed E-state index contributed by atoms with van der Waals surface area (Å²) in [6.07, 6.45) is 0. The number of hydrogen-bond donors (Lipinski definition) is 1. The monoisotopic (exact) mass is 403 g/mol. The molecule has 29 heavy (non-hydrogen) atoms. The van der Waals surface area contributed by atoms with Gasteiger partial charge in [-0.05, 0) is 18.2 Å². The Bertz CT molecular complexity index is 904. The molecule has 0 atom stereocenters. The molecule has 0 fully saturated rings. The van der Waals surface area contributed by atoms with Gasteiger partial charge in [0.15, 0.2) is 11.5 Å². The fraction of sp³-hybridized carbons (Fsp3) is 0.250. The first kappa shape index (κ1) is 21.5. The van der Waals surface area contributed by atoms with Crippen LogP contribution in [-0.2, 0) is 9.47 Å². The van der Waals surface area contributed by atoms with Crippen LogP contribution in [0.2, 0.25) is 0 Å². The van der Waals surface area contributed by atoms with Crippen LogP contribution < -0.4 is 19.5 Å². The van der Waals surface area contributed by atoms with Gasteiger partial charge in [-0.3, -0.25) is 4.79 Å². The van der Waals surface area contributed by atoms with Crippen LogP contribution in [0.4, 0.5) is 5.69 Å². The van der Waals surface area contributed by atoms with Crippen LogP contribution in [-0.4, -0.2) is 53.4 Å².